The second-order valence-corrected chi connectivity index (χ2v) is 5.84. The molecule has 0 aromatic heterocycles. The second-order valence-electron chi connectivity index (χ2n) is 5.84. The van der Waals surface area contributed by atoms with Crippen LogP contribution < -0.4 is 10.6 Å². The number of aliphatic hydroxyl groups excluding tert-OH is 1. The molecule has 1 fully saturated rings. The summed E-state index contributed by atoms with van der Waals surface area (Å²) in [5.41, 5.74) is -0.168. The Balaban J connectivity index is 1.96. The highest BCUT2D eigenvalue weighted by Gasteiger charge is 2.42. The molecule has 1 aliphatic rings. The molecule has 0 saturated heterocycles. The number of amides is 2. The molecule has 3 N–H and O–H groups in total. The fraction of sp³-hybridized carbons (Fsp3) is 0.533. The summed E-state index contributed by atoms with van der Waals surface area (Å²) in [5.74, 6) is -1.58. The summed E-state index contributed by atoms with van der Waals surface area (Å²) in [6.45, 7) is 3.34. The predicted molar refractivity (Wildman–Crippen MR) is 74.7 cm³/mol. The Morgan fingerprint density at radius 2 is 2.10 bits per heavy atom. The quantitative estimate of drug-likeness (QED) is 0.782. The fourth-order valence-electron chi connectivity index (χ4n) is 2.35. The number of nitrogens with one attached hydrogen (secondary N) is 2. The van der Waals surface area contributed by atoms with Crippen LogP contribution in [-0.4, -0.2) is 23.3 Å². The smallest absolute Gasteiger partial charge is 0.315 e. The molecule has 0 heterocycles. The van der Waals surface area contributed by atoms with Gasteiger partial charge in [0.2, 0.25) is 0 Å². The highest BCUT2D eigenvalue weighted by molar-refractivity contribution is 5.75. The van der Waals surface area contributed by atoms with Gasteiger partial charge < -0.3 is 15.7 Å². The Morgan fingerprint density at radius 1 is 1.43 bits per heavy atom. The highest BCUT2D eigenvalue weighted by Crippen LogP contribution is 2.39. The van der Waals surface area contributed by atoms with Crippen LogP contribution in [-0.2, 0) is 0 Å². The van der Waals surface area contributed by atoms with Crippen molar-refractivity contribution in [3.05, 3.63) is 35.4 Å². The van der Waals surface area contributed by atoms with Crippen LogP contribution in [0.25, 0.3) is 0 Å². The summed E-state index contributed by atoms with van der Waals surface area (Å²) in [5, 5.41) is 14.9. The molecule has 6 heteroatoms. The Hall–Kier alpha value is -1.69. The van der Waals surface area contributed by atoms with Crippen molar-refractivity contribution in [2.24, 2.45) is 5.92 Å². The summed E-state index contributed by atoms with van der Waals surface area (Å²) in [6.07, 6.45) is 1.96. The zero-order valence-electron chi connectivity index (χ0n) is 12.1. The third-order valence-corrected chi connectivity index (χ3v) is 4.00. The van der Waals surface area contributed by atoms with Crippen molar-refractivity contribution < 1.29 is 18.7 Å². The number of urea groups is 1. The molecule has 0 unspecified atom stereocenters. The summed E-state index contributed by atoms with van der Waals surface area (Å²) >= 11 is 0. The minimum atomic E-state index is -0.945. The van der Waals surface area contributed by atoms with Crippen molar-refractivity contribution in [2.45, 2.75) is 38.3 Å². The standard InChI is InChI=1S/C15H20F2N2O2/c1-9(10-3-6-12(16)13(17)7-10)18-14(21)19-15(2,8-20)11-4-5-11/h3,6-7,9,11,20H,4-5,8H2,1-2H3,(H2,18,19,21)/t9-,15+/m1/s1. The Labute approximate surface area is 122 Å². The molecular formula is C15H20F2N2O2. The first-order valence-corrected chi connectivity index (χ1v) is 7.00. The molecule has 0 bridgehead atoms. The molecule has 0 spiro atoms. The SMILES string of the molecule is C[C@@H](NC(=O)N[C@@](C)(CO)C1CC1)c1ccc(F)c(F)c1. The fourth-order valence-corrected chi connectivity index (χ4v) is 2.35. The zero-order chi connectivity index (χ0) is 15.6. The van der Waals surface area contributed by atoms with E-state index in [1.54, 1.807) is 13.8 Å². The van der Waals surface area contributed by atoms with Gasteiger partial charge in [0.05, 0.1) is 18.2 Å². The topological polar surface area (TPSA) is 61.4 Å². The van der Waals surface area contributed by atoms with E-state index >= 15 is 0 Å². The minimum absolute atomic E-state index is 0.134. The number of aliphatic hydroxyl groups is 1. The third kappa shape index (κ3) is 3.69. The van der Waals surface area contributed by atoms with E-state index in [9.17, 15) is 18.7 Å². The van der Waals surface area contributed by atoms with E-state index in [0.29, 0.717) is 5.56 Å². The largest absolute Gasteiger partial charge is 0.394 e. The average Bonchev–Trinajstić information content (AvgIpc) is 3.26. The normalized spacial score (nSPS) is 18.7. The molecule has 0 aliphatic heterocycles. The Bertz CT molecular complexity index is 534. The van der Waals surface area contributed by atoms with E-state index in [0.717, 1.165) is 25.0 Å². The van der Waals surface area contributed by atoms with Gasteiger partial charge in [-0.05, 0) is 50.3 Å². The van der Waals surface area contributed by atoms with Gasteiger partial charge in [0.1, 0.15) is 0 Å². The van der Waals surface area contributed by atoms with Gasteiger partial charge in [-0.25, -0.2) is 13.6 Å². The monoisotopic (exact) mass is 298 g/mol. The molecule has 2 amide bonds. The maximum absolute atomic E-state index is 13.2. The van der Waals surface area contributed by atoms with Crippen LogP contribution in [0.2, 0.25) is 0 Å². The minimum Gasteiger partial charge on any atom is -0.394 e. The lowest BCUT2D eigenvalue weighted by atomic mass is 9.97. The Morgan fingerprint density at radius 3 is 2.62 bits per heavy atom. The molecule has 1 saturated carbocycles. The van der Waals surface area contributed by atoms with Crippen molar-refractivity contribution >= 4 is 6.03 Å². The van der Waals surface area contributed by atoms with Crippen molar-refractivity contribution in [3.8, 4) is 0 Å². The van der Waals surface area contributed by atoms with Crippen LogP contribution in [0.4, 0.5) is 13.6 Å². The van der Waals surface area contributed by atoms with Gasteiger partial charge in [-0.15, -0.1) is 0 Å². The molecule has 1 aromatic carbocycles. The van der Waals surface area contributed by atoms with Gasteiger partial charge in [-0.3, -0.25) is 0 Å². The molecule has 2 atom stereocenters. The van der Waals surface area contributed by atoms with E-state index in [4.69, 9.17) is 0 Å². The van der Waals surface area contributed by atoms with E-state index in [-0.39, 0.29) is 12.5 Å². The summed E-state index contributed by atoms with van der Waals surface area (Å²) in [4.78, 5) is 12.0. The summed E-state index contributed by atoms with van der Waals surface area (Å²) in [6, 6.07) is 2.61. The van der Waals surface area contributed by atoms with Crippen molar-refractivity contribution in [1.29, 1.82) is 0 Å². The van der Waals surface area contributed by atoms with Gasteiger partial charge in [0.25, 0.3) is 0 Å². The molecule has 116 valence electrons. The van der Waals surface area contributed by atoms with E-state index < -0.39 is 29.2 Å². The van der Waals surface area contributed by atoms with Gasteiger partial charge in [0, 0.05) is 0 Å². The van der Waals surface area contributed by atoms with Crippen LogP contribution in [0.1, 0.15) is 38.3 Å². The molecule has 1 aromatic rings. The molecule has 2 rings (SSSR count). The first kappa shape index (κ1) is 15.7. The number of hydrogen-bond acceptors (Lipinski definition) is 2. The van der Waals surface area contributed by atoms with Gasteiger partial charge in [-0.2, -0.15) is 0 Å². The third-order valence-electron chi connectivity index (χ3n) is 4.00. The molecule has 4 nitrogen and oxygen atoms in total. The maximum atomic E-state index is 13.2. The lowest BCUT2D eigenvalue weighted by Crippen LogP contribution is -2.54. The summed E-state index contributed by atoms with van der Waals surface area (Å²) in [7, 11) is 0. The predicted octanol–water partition coefficient (Wildman–Crippen LogP) is 2.49. The maximum Gasteiger partial charge on any atom is 0.315 e. The van der Waals surface area contributed by atoms with Gasteiger partial charge in [-0.1, -0.05) is 6.07 Å². The second kappa shape index (κ2) is 5.97. The lowest BCUT2D eigenvalue weighted by Gasteiger charge is -2.29. The highest BCUT2D eigenvalue weighted by atomic mass is 19.2. The van der Waals surface area contributed by atoms with E-state index in [1.807, 2.05) is 0 Å². The van der Waals surface area contributed by atoms with Crippen LogP contribution in [0.3, 0.4) is 0 Å². The Kier molecular flexibility index (Phi) is 4.46. The van der Waals surface area contributed by atoms with Crippen molar-refractivity contribution in [1.82, 2.24) is 10.6 Å². The number of halogens is 2. The molecular weight excluding hydrogens is 278 g/mol. The zero-order valence-corrected chi connectivity index (χ0v) is 12.1. The average molecular weight is 298 g/mol. The van der Waals surface area contributed by atoms with Crippen LogP contribution in [0, 0.1) is 17.6 Å². The van der Waals surface area contributed by atoms with E-state index in [1.165, 1.54) is 6.07 Å². The first-order valence-electron chi connectivity index (χ1n) is 7.00. The van der Waals surface area contributed by atoms with Crippen molar-refractivity contribution in [3.63, 3.8) is 0 Å². The van der Waals surface area contributed by atoms with E-state index in [2.05, 4.69) is 10.6 Å². The molecule has 21 heavy (non-hydrogen) atoms. The van der Waals surface area contributed by atoms with Crippen LogP contribution in [0.15, 0.2) is 18.2 Å². The lowest BCUT2D eigenvalue weighted by molar-refractivity contribution is 0.154. The number of hydrogen-bond donors (Lipinski definition) is 3. The van der Waals surface area contributed by atoms with Crippen molar-refractivity contribution in [2.75, 3.05) is 6.61 Å². The first-order chi connectivity index (χ1) is 9.85. The number of benzene rings is 1. The van der Waals surface area contributed by atoms with Crippen LogP contribution >= 0.6 is 0 Å². The summed E-state index contributed by atoms with van der Waals surface area (Å²) < 4.78 is 26.1. The molecule has 1 aliphatic carbocycles. The van der Waals surface area contributed by atoms with Crippen LogP contribution in [0.5, 0.6) is 0 Å². The van der Waals surface area contributed by atoms with Gasteiger partial charge >= 0.3 is 6.03 Å². The number of rotatable bonds is 5. The molecule has 0 radical (unpaired) electrons. The van der Waals surface area contributed by atoms with Gasteiger partial charge in [0.15, 0.2) is 11.6 Å². The number of carbonyl (C=O) groups is 1. The number of carbonyl (C=O) groups excluding carboxylic acids is 1.